The highest BCUT2D eigenvalue weighted by Crippen LogP contribution is 2.45. The van der Waals surface area contributed by atoms with Crippen molar-refractivity contribution in [2.24, 2.45) is 5.92 Å². The highest BCUT2D eigenvalue weighted by molar-refractivity contribution is 5.90. The summed E-state index contributed by atoms with van der Waals surface area (Å²) >= 11 is 0. The van der Waals surface area contributed by atoms with E-state index in [1.807, 2.05) is 25.4 Å². The van der Waals surface area contributed by atoms with E-state index in [-0.39, 0.29) is 11.8 Å². The average Bonchev–Trinajstić information content (AvgIpc) is 3.80. The number of piperidine rings is 1. The fourth-order valence-corrected chi connectivity index (χ4v) is 4.52. The normalized spacial score (nSPS) is 20.5. The lowest BCUT2D eigenvalue weighted by Gasteiger charge is -2.34. The van der Waals surface area contributed by atoms with Crippen LogP contribution in [-0.2, 0) is 4.79 Å². The minimum absolute atomic E-state index is 0.0215. The summed E-state index contributed by atoms with van der Waals surface area (Å²) in [4.78, 5) is 27.6. The molecule has 1 aliphatic heterocycles. The summed E-state index contributed by atoms with van der Waals surface area (Å²) < 4.78 is 34.7. The van der Waals surface area contributed by atoms with E-state index in [4.69, 9.17) is 10.2 Å². The van der Waals surface area contributed by atoms with Crippen molar-refractivity contribution < 1.29 is 18.0 Å². The van der Waals surface area contributed by atoms with E-state index in [0.717, 1.165) is 41.7 Å². The molecule has 10 heteroatoms. The summed E-state index contributed by atoms with van der Waals surface area (Å²) in [6.07, 6.45) is 10.7. The molecule has 2 aromatic heterocycles. The lowest BCUT2D eigenvalue weighted by Crippen LogP contribution is -2.53. The second kappa shape index (κ2) is 10.7. The number of rotatable bonds is 7. The number of hydrogen-bond donors (Lipinski definition) is 2. The van der Waals surface area contributed by atoms with Crippen molar-refractivity contribution in [2.45, 2.75) is 69.5 Å². The van der Waals surface area contributed by atoms with Gasteiger partial charge in [-0.15, -0.1) is 0 Å². The number of nitrogens with zero attached hydrogens (tertiary/aromatic N) is 4. The number of alkyl halides is 3. The van der Waals surface area contributed by atoms with Gasteiger partial charge in [-0.1, -0.05) is 13.0 Å². The molecule has 2 saturated carbocycles. The average molecular weight is 489 g/mol. The van der Waals surface area contributed by atoms with E-state index in [1.54, 1.807) is 4.90 Å². The van der Waals surface area contributed by atoms with Crippen LogP contribution in [0.5, 0.6) is 0 Å². The minimum Gasteiger partial charge on any atom is -0.371 e. The maximum atomic E-state index is 15.4. The van der Waals surface area contributed by atoms with Crippen molar-refractivity contribution >= 4 is 22.8 Å². The van der Waals surface area contributed by atoms with Crippen LogP contribution in [0.1, 0.15) is 69.0 Å². The Labute approximate surface area is 202 Å². The van der Waals surface area contributed by atoms with Crippen LogP contribution in [0.3, 0.4) is 0 Å². The van der Waals surface area contributed by atoms with Crippen molar-refractivity contribution in [3.63, 3.8) is 0 Å². The number of allylic oxidation sites excluding steroid dienone is 1. The lowest BCUT2D eigenvalue weighted by atomic mass is 9.97. The molecule has 0 radical (unpaired) electrons. The second-order valence-corrected chi connectivity index (χ2v) is 9.44. The van der Waals surface area contributed by atoms with Crippen molar-refractivity contribution in [1.29, 1.82) is 5.26 Å². The molecule has 2 aliphatic carbocycles. The first kappa shape index (κ1) is 25.0. The molecule has 0 bridgehead atoms. The fraction of sp³-hybridized carbons (Fsp3) is 0.600. The van der Waals surface area contributed by atoms with Crippen molar-refractivity contribution in [2.75, 3.05) is 20.0 Å². The molecule has 3 fully saturated rings. The number of carbonyl (C=O) groups is 1. The number of nitrogens with one attached hydrogen (secondary N) is 2. The highest BCUT2D eigenvalue weighted by atomic mass is 19.3. The first-order chi connectivity index (χ1) is 16.9. The molecule has 7 nitrogen and oxygen atoms in total. The zero-order valence-electron chi connectivity index (χ0n) is 19.9. The number of fused-ring (bicyclic) bond motifs is 1. The Morgan fingerprint density at radius 3 is 2.60 bits per heavy atom. The molecule has 0 spiro atoms. The lowest BCUT2D eigenvalue weighted by molar-refractivity contribution is -0.136. The Bertz CT molecular complexity index is 1110. The summed E-state index contributed by atoms with van der Waals surface area (Å²) in [5.41, 5.74) is 2.44. The molecule has 2 N–H and O–H groups in total. The maximum absolute atomic E-state index is 15.4. The molecule has 3 aliphatic rings. The molecule has 1 saturated heterocycles. The Balaban J connectivity index is 0.000000917. The number of aromatic amines is 1. The molecule has 3 heterocycles. The monoisotopic (exact) mass is 488 g/mol. The van der Waals surface area contributed by atoms with Gasteiger partial charge in [0.25, 0.3) is 0 Å². The first-order valence-corrected chi connectivity index (χ1v) is 12.2. The van der Waals surface area contributed by atoms with Gasteiger partial charge in [0.1, 0.15) is 17.2 Å². The zero-order valence-corrected chi connectivity index (χ0v) is 19.9. The van der Waals surface area contributed by atoms with Crippen LogP contribution in [0.25, 0.3) is 16.9 Å². The quantitative estimate of drug-likeness (QED) is 0.589. The van der Waals surface area contributed by atoms with Crippen LogP contribution in [0.15, 0.2) is 18.5 Å². The molecule has 188 valence electrons. The van der Waals surface area contributed by atoms with Gasteiger partial charge in [-0.3, -0.25) is 4.79 Å². The molecular formula is C25H31F3N6O. The zero-order chi connectivity index (χ0) is 25.0. The Kier molecular flexibility index (Phi) is 7.63. The van der Waals surface area contributed by atoms with Gasteiger partial charge in [0.15, 0.2) is 5.65 Å². The summed E-state index contributed by atoms with van der Waals surface area (Å²) in [6.45, 7) is 1.27. The fourth-order valence-electron chi connectivity index (χ4n) is 4.52. The number of halogens is 3. The molecule has 1 atom stereocenters. The van der Waals surface area contributed by atoms with Crippen LogP contribution in [0.4, 0.5) is 13.2 Å². The number of aromatic nitrogens is 3. The van der Waals surface area contributed by atoms with E-state index < -0.39 is 18.6 Å². The van der Waals surface area contributed by atoms with Gasteiger partial charge in [0, 0.05) is 42.4 Å². The molecular weight excluding hydrogens is 457 g/mol. The van der Waals surface area contributed by atoms with Crippen LogP contribution < -0.4 is 5.32 Å². The van der Waals surface area contributed by atoms with Crippen LogP contribution >= 0.6 is 0 Å². The van der Waals surface area contributed by atoms with Gasteiger partial charge < -0.3 is 15.2 Å². The molecule has 0 aromatic carbocycles. The third-order valence-electron chi connectivity index (χ3n) is 6.87. The van der Waals surface area contributed by atoms with E-state index in [0.29, 0.717) is 50.3 Å². The molecule has 35 heavy (non-hydrogen) atoms. The number of hydrogen-bond acceptors (Lipinski definition) is 5. The smallest absolute Gasteiger partial charge is 0.248 e. The first-order valence-electron chi connectivity index (χ1n) is 12.2. The Hall–Kier alpha value is -3.09. The third-order valence-corrected chi connectivity index (χ3v) is 6.87. The van der Waals surface area contributed by atoms with Gasteiger partial charge in [0.2, 0.25) is 12.8 Å². The predicted octanol–water partition coefficient (Wildman–Crippen LogP) is 4.69. The number of nitriles is 1. The summed E-state index contributed by atoms with van der Waals surface area (Å²) in [5.74, 6) is 0.243. The van der Waals surface area contributed by atoms with Gasteiger partial charge in [-0.2, -0.15) is 5.26 Å². The van der Waals surface area contributed by atoms with Gasteiger partial charge >= 0.3 is 0 Å². The number of carbonyl (C=O) groups excluding carboxylic acids is 1. The molecule has 1 amide bonds. The molecule has 1 unspecified atom stereocenters. The summed E-state index contributed by atoms with van der Waals surface area (Å²) in [7, 11) is 0. The topological polar surface area (TPSA) is 97.7 Å². The SMILES string of the molecule is CC/C=C(/NC(C(=O)N1CCC(C#N)CC1)C1(F)CC1)c1c[nH]c2ncc(C3CC3)nc12.FCF. The molecule has 2 aromatic rings. The van der Waals surface area contributed by atoms with Crippen molar-refractivity contribution in [3.8, 4) is 6.07 Å². The minimum atomic E-state index is -1.75. The summed E-state index contributed by atoms with van der Waals surface area (Å²) in [5, 5.41) is 12.4. The maximum Gasteiger partial charge on any atom is 0.248 e. The Morgan fingerprint density at radius 2 is 2.03 bits per heavy atom. The predicted molar refractivity (Wildman–Crippen MR) is 126 cm³/mol. The van der Waals surface area contributed by atoms with E-state index >= 15 is 4.39 Å². The third kappa shape index (κ3) is 5.60. The van der Waals surface area contributed by atoms with Gasteiger partial charge in [-0.05, 0) is 44.9 Å². The standard InChI is InChI=1S/C24H29FN6O.CH2F2/c1-2-3-18(17-13-27-22-20(17)29-19(14-28-22)16-4-5-16)30-21(24(25)8-9-24)23(32)31-10-6-15(12-26)7-11-31;2-1-3/h3,13-16,21,30H,2,4-11H2,1H3,(H,27,28);1H2/b18-3+;. The van der Waals surface area contributed by atoms with Crippen LogP contribution in [0.2, 0.25) is 0 Å². The molecule has 5 rings (SSSR count). The number of H-pyrrole nitrogens is 1. The van der Waals surface area contributed by atoms with Crippen molar-refractivity contribution in [1.82, 2.24) is 25.2 Å². The number of amides is 1. The van der Waals surface area contributed by atoms with E-state index in [1.165, 1.54) is 0 Å². The largest absolute Gasteiger partial charge is 0.371 e. The van der Waals surface area contributed by atoms with Gasteiger partial charge in [0.05, 0.1) is 18.0 Å². The van der Waals surface area contributed by atoms with Crippen LogP contribution in [-0.4, -0.2) is 57.5 Å². The number of likely N-dealkylation sites (tertiary alicyclic amines) is 1. The second-order valence-electron chi connectivity index (χ2n) is 9.44. The van der Waals surface area contributed by atoms with Crippen molar-refractivity contribution in [3.05, 3.63) is 29.7 Å². The van der Waals surface area contributed by atoms with Gasteiger partial charge in [-0.25, -0.2) is 23.1 Å². The summed E-state index contributed by atoms with van der Waals surface area (Å²) in [6, 6.07) is 1.34. The Morgan fingerprint density at radius 1 is 1.34 bits per heavy atom. The highest BCUT2D eigenvalue weighted by Gasteiger charge is 2.55. The van der Waals surface area contributed by atoms with E-state index in [2.05, 4.69) is 21.4 Å². The van der Waals surface area contributed by atoms with E-state index in [9.17, 15) is 13.6 Å². The van der Waals surface area contributed by atoms with Crippen LogP contribution in [0, 0.1) is 17.2 Å².